The molecule has 0 amide bonds. The summed E-state index contributed by atoms with van der Waals surface area (Å²) < 4.78 is 11.7. The first kappa shape index (κ1) is 15.6. The van der Waals surface area contributed by atoms with Gasteiger partial charge in [0.05, 0.1) is 11.6 Å². The summed E-state index contributed by atoms with van der Waals surface area (Å²) in [7, 11) is 1.63. The molecule has 112 valence electrons. The van der Waals surface area contributed by atoms with E-state index in [1.54, 1.807) is 7.11 Å². The van der Waals surface area contributed by atoms with Crippen LogP contribution < -0.4 is 14.8 Å². The Kier molecular flexibility index (Phi) is 5.38. The third-order valence-electron chi connectivity index (χ3n) is 2.75. The molecule has 0 spiro atoms. The Morgan fingerprint density at radius 2 is 2.05 bits per heavy atom. The zero-order valence-electron chi connectivity index (χ0n) is 12.3. The molecule has 0 aliphatic carbocycles. The number of benzene rings is 1. The van der Waals surface area contributed by atoms with E-state index < -0.39 is 0 Å². The van der Waals surface area contributed by atoms with E-state index in [2.05, 4.69) is 31.2 Å². The van der Waals surface area contributed by atoms with E-state index in [9.17, 15) is 0 Å². The van der Waals surface area contributed by atoms with Crippen molar-refractivity contribution in [2.24, 2.45) is 0 Å². The average Bonchev–Trinajstić information content (AvgIpc) is 2.45. The van der Waals surface area contributed by atoms with Gasteiger partial charge in [0, 0.05) is 18.3 Å². The highest BCUT2D eigenvalue weighted by Gasteiger charge is 2.06. The van der Waals surface area contributed by atoms with Gasteiger partial charge in [-0.25, -0.2) is 9.97 Å². The molecule has 2 rings (SSSR count). The van der Waals surface area contributed by atoms with Crippen molar-refractivity contribution in [2.45, 2.75) is 20.5 Å². The minimum Gasteiger partial charge on any atom is -0.497 e. The molecule has 1 aromatic carbocycles. The van der Waals surface area contributed by atoms with Crippen LogP contribution in [0.15, 0.2) is 28.7 Å². The Morgan fingerprint density at radius 1 is 1.24 bits per heavy atom. The van der Waals surface area contributed by atoms with Crippen LogP contribution in [0.4, 0.5) is 5.82 Å². The van der Waals surface area contributed by atoms with Crippen molar-refractivity contribution in [1.82, 2.24) is 9.97 Å². The molecule has 0 radical (unpaired) electrons. The van der Waals surface area contributed by atoms with Crippen molar-refractivity contribution < 1.29 is 9.47 Å². The summed E-state index contributed by atoms with van der Waals surface area (Å²) in [6, 6.07) is 7.47. The number of aryl methyl sites for hydroxylation is 1. The average molecular weight is 352 g/mol. The van der Waals surface area contributed by atoms with Gasteiger partial charge >= 0.3 is 0 Å². The number of nitrogens with zero attached hydrogens (tertiary/aromatic N) is 2. The predicted molar refractivity (Wildman–Crippen MR) is 86.0 cm³/mol. The van der Waals surface area contributed by atoms with Crippen LogP contribution in [-0.2, 0) is 6.61 Å². The first-order valence-electron chi connectivity index (χ1n) is 6.67. The molecule has 21 heavy (non-hydrogen) atoms. The van der Waals surface area contributed by atoms with Crippen LogP contribution in [-0.4, -0.2) is 23.6 Å². The smallest absolute Gasteiger partial charge is 0.168 e. The van der Waals surface area contributed by atoms with Gasteiger partial charge in [0.15, 0.2) is 5.82 Å². The van der Waals surface area contributed by atoms with Crippen molar-refractivity contribution in [3.8, 4) is 11.5 Å². The number of hydrogen-bond acceptors (Lipinski definition) is 5. The van der Waals surface area contributed by atoms with Gasteiger partial charge in [0.1, 0.15) is 23.9 Å². The molecule has 0 bridgehead atoms. The van der Waals surface area contributed by atoms with Crippen LogP contribution in [0.3, 0.4) is 0 Å². The second-order valence-electron chi connectivity index (χ2n) is 4.43. The third-order valence-corrected chi connectivity index (χ3v) is 3.37. The van der Waals surface area contributed by atoms with Gasteiger partial charge in [-0.2, -0.15) is 0 Å². The minimum atomic E-state index is 0.311. The number of halogens is 1. The topological polar surface area (TPSA) is 56.3 Å². The Hall–Kier alpha value is -1.82. The number of anilines is 1. The SMILES string of the molecule is CCNc1cc(C)nc(COc2ccc(OC)cc2Br)n1. The van der Waals surface area contributed by atoms with Crippen LogP contribution >= 0.6 is 15.9 Å². The Morgan fingerprint density at radius 3 is 2.71 bits per heavy atom. The van der Waals surface area contributed by atoms with Crippen LogP contribution in [0.25, 0.3) is 0 Å². The summed E-state index contributed by atoms with van der Waals surface area (Å²) in [6.45, 7) is 5.10. The molecular weight excluding hydrogens is 334 g/mol. The number of hydrogen-bond donors (Lipinski definition) is 1. The van der Waals surface area contributed by atoms with Crippen LogP contribution in [0.1, 0.15) is 18.4 Å². The first-order valence-corrected chi connectivity index (χ1v) is 7.46. The summed E-state index contributed by atoms with van der Waals surface area (Å²) in [5, 5.41) is 3.18. The van der Waals surface area contributed by atoms with Gasteiger partial charge in [-0.05, 0) is 48.0 Å². The summed E-state index contributed by atoms with van der Waals surface area (Å²) in [6.07, 6.45) is 0. The zero-order chi connectivity index (χ0) is 15.2. The largest absolute Gasteiger partial charge is 0.497 e. The Labute approximate surface area is 132 Å². The lowest BCUT2D eigenvalue weighted by Gasteiger charge is -2.10. The van der Waals surface area contributed by atoms with E-state index in [0.29, 0.717) is 12.4 Å². The van der Waals surface area contributed by atoms with Crippen LogP contribution in [0.5, 0.6) is 11.5 Å². The number of rotatable bonds is 6. The van der Waals surface area contributed by atoms with Crippen molar-refractivity contribution >= 4 is 21.7 Å². The summed E-state index contributed by atoms with van der Waals surface area (Å²) in [5.41, 5.74) is 0.911. The van der Waals surface area contributed by atoms with Gasteiger partial charge in [-0.1, -0.05) is 0 Å². The highest BCUT2D eigenvalue weighted by Crippen LogP contribution is 2.29. The van der Waals surface area contributed by atoms with E-state index in [1.807, 2.05) is 38.1 Å². The van der Waals surface area contributed by atoms with Crippen molar-refractivity contribution in [3.05, 3.63) is 40.3 Å². The number of aromatic nitrogens is 2. The van der Waals surface area contributed by atoms with Gasteiger partial charge in [0.25, 0.3) is 0 Å². The van der Waals surface area contributed by atoms with Crippen molar-refractivity contribution in [1.29, 1.82) is 0 Å². The molecule has 5 nitrogen and oxygen atoms in total. The Balaban J connectivity index is 2.09. The van der Waals surface area contributed by atoms with E-state index >= 15 is 0 Å². The normalized spacial score (nSPS) is 10.3. The van der Waals surface area contributed by atoms with Gasteiger partial charge in [-0.3, -0.25) is 0 Å². The van der Waals surface area contributed by atoms with Crippen LogP contribution in [0.2, 0.25) is 0 Å². The van der Waals surface area contributed by atoms with Gasteiger partial charge < -0.3 is 14.8 Å². The van der Waals surface area contributed by atoms with Crippen LogP contribution in [0, 0.1) is 6.92 Å². The lowest BCUT2D eigenvalue weighted by atomic mass is 10.3. The highest BCUT2D eigenvalue weighted by atomic mass is 79.9. The fourth-order valence-corrected chi connectivity index (χ4v) is 2.31. The predicted octanol–water partition coefficient (Wildman–Crippen LogP) is 3.57. The van der Waals surface area contributed by atoms with Gasteiger partial charge in [-0.15, -0.1) is 0 Å². The molecule has 0 atom stereocenters. The maximum Gasteiger partial charge on any atom is 0.168 e. The first-order chi connectivity index (χ1) is 10.1. The zero-order valence-corrected chi connectivity index (χ0v) is 13.9. The molecule has 0 saturated carbocycles. The molecule has 0 aliphatic rings. The molecule has 0 aliphatic heterocycles. The monoisotopic (exact) mass is 351 g/mol. The molecule has 0 saturated heterocycles. The summed E-state index contributed by atoms with van der Waals surface area (Å²) in [5.74, 6) is 2.97. The highest BCUT2D eigenvalue weighted by molar-refractivity contribution is 9.10. The van der Waals surface area contributed by atoms with Crippen molar-refractivity contribution in [2.75, 3.05) is 19.0 Å². The lowest BCUT2D eigenvalue weighted by molar-refractivity contribution is 0.293. The molecule has 1 N–H and O–H groups in total. The molecular formula is C15H18BrN3O2. The fourth-order valence-electron chi connectivity index (χ4n) is 1.83. The number of ether oxygens (including phenoxy) is 2. The van der Waals surface area contributed by atoms with Gasteiger partial charge in [0.2, 0.25) is 0 Å². The number of nitrogens with one attached hydrogen (secondary N) is 1. The minimum absolute atomic E-state index is 0.311. The second kappa shape index (κ2) is 7.26. The molecule has 0 fully saturated rings. The van der Waals surface area contributed by atoms with E-state index in [1.165, 1.54) is 0 Å². The van der Waals surface area contributed by atoms with E-state index in [0.717, 1.165) is 34.0 Å². The quantitative estimate of drug-likeness (QED) is 0.861. The molecule has 1 heterocycles. The molecule has 2 aromatic rings. The van der Waals surface area contributed by atoms with E-state index in [-0.39, 0.29) is 0 Å². The maximum absolute atomic E-state index is 5.76. The summed E-state index contributed by atoms with van der Waals surface area (Å²) in [4.78, 5) is 8.79. The lowest BCUT2D eigenvalue weighted by Crippen LogP contribution is -2.07. The molecule has 6 heteroatoms. The molecule has 1 aromatic heterocycles. The fraction of sp³-hybridized carbons (Fsp3) is 0.333. The number of methoxy groups -OCH3 is 1. The maximum atomic E-state index is 5.76. The van der Waals surface area contributed by atoms with Crippen molar-refractivity contribution in [3.63, 3.8) is 0 Å². The third kappa shape index (κ3) is 4.32. The second-order valence-corrected chi connectivity index (χ2v) is 5.28. The Bertz CT molecular complexity index is 620. The molecule has 0 unspecified atom stereocenters. The van der Waals surface area contributed by atoms with E-state index in [4.69, 9.17) is 9.47 Å². The standard InChI is InChI=1S/C15H18BrN3O2/c1-4-17-14-7-10(2)18-15(19-14)9-21-13-6-5-11(20-3)8-12(13)16/h5-8H,4,9H2,1-3H3,(H,17,18,19). The summed E-state index contributed by atoms with van der Waals surface area (Å²) >= 11 is 3.46.